The van der Waals surface area contributed by atoms with Gasteiger partial charge in [0.25, 0.3) is 0 Å². The molecule has 0 unspecified atom stereocenters. The van der Waals surface area contributed by atoms with Crippen molar-refractivity contribution in [3.63, 3.8) is 0 Å². The van der Waals surface area contributed by atoms with E-state index in [2.05, 4.69) is 5.32 Å². The Morgan fingerprint density at radius 3 is 2.69 bits per heavy atom. The predicted octanol–water partition coefficient (Wildman–Crippen LogP) is 1.59. The van der Waals surface area contributed by atoms with Crippen LogP contribution in [0, 0.1) is 11.2 Å². The number of hydrogen-bond acceptors (Lipinski definition) is 4. The summed E-state index contributed by atoms with van der Waals surface area (Å²) in [4.78, 5) is 0. The van der Waals surface area contributed by atoms with E-state index in [9.17, 15) is 9.50 Å². The van der Waals surface area contributed by atoms with Crippen LogP contribution in [0.5, 0.6) is 0 Å². The van der Waals surface area contributed by atoms with Crippen molar-refractivity contribution in [2.45, 2.75) is 19.4 Å². The molecule has 5 heteroatoms. The molecule has 0 aliphatic rings. The molecule has 0 amide bonds. The first-order valence-corrected chi connectivity index (χ1v) is 4.90. The quantitative estimate of drug-likeness (QED) is 0.464. The smallest absolute Gasteiger partial charge is 0.147 e. The van der Waals surface area contributed by atoms with Gasteiger partial charge >= 0.3 is 0 Å². The number of aliphatic hydroxyl groups is 1. The van der Waals surface area contributed by atoms with Crippen molar-refractivity contribution in [1.82, 2.24) is 0 Å². The minimum atomic E-state index is -0.962. The Kier molecular flexibility index (Phi) is 3.49. The van der Waals surface area contributed by atoms with Gasteiger partial charge in [0.1, 0.15) is 5.82 Å². The Bertz CT molecular complexity index is 399. The maximum absolute atomic E-state index is 13.5. The van der Waals surface area contributed by atoms with E-state index in [4.69, 9.17) is 11.1 Å². The van der Waals surface area contributed by atoms with E-state index >= 15 is 0 Å². The van der Waals surface area contributed by atoms with E-state index in [1.165, 1.54) is 12.1 Å². The summed E-state index contributed by atoms with van der Waals surface area (Å²) < 4.78 is 13.5. The van der Waals surface area contributed by atoms with Crippen LogP contribution in [0.15, 0.2) is 12.1 Å². The van der Waals surface area contributed by atoms with E-state index in [1.54, 1.807) is 13.8 Å². The third-order valence-corrected chi connectivity index (χ3v) is 2.07. The van der Waals surface area contributed by atoms with Gasteiger partial charge in [-0.2, -0.15) is 0 Å². The highest BCUT2D eigenvalue weighted by atomic mass is 19.1. The van der Waals surface area contributed by atoms with Crippen LogP contribution >= 0.6 is 0 Å². The van der Waals surface area contributed by atoms with Gasteiger partial charge in [-0.25, -0.2) is 4.39 Å². The molecule has 0 aromatic heterocycles. The number of nitrogen functional groups attached to an aromatic ring is 1. The third kappa shape index (κ3) is 2.93. The second kappa shape index (κ2) is 4.49. The fraction of sp³-hybridized carbons (Fsp3) is 0.364. The summed E-state index contributed by atoms with van der Waals surface area (Å²) >= 11 is 0. The molecule has 0 radical (unpaired) electrons. The van der Waals surface area contributed by atoms with Gasteiger partial charge in [-0.15, -0.1) is 0 Å². The van der Waals surface area contributed by atoms with Gasteiger partial charge < -0.3 is 21.6 Å². The van der Waals surface area contributed by atoms with E-state index in [1.807, 2.05) is 0 Å². The van der Waals surface area contributed by atoms with Gasteiger partial charge in [0, 0.05) is 24.0 Å². The molecule has 5 N–H and O–H groups in total. The van der Waals surface area contributed by atoms with Crippen molar-refractivity contribution >= 4 is 17.6 Å². The van der Waals surface area contributed by atoms with Crippen LogP contribution in [0.1, 0.15) is 19.4 Å². The minimum absolute atomic E-state index is 0.150. The zero-order valence-corrected chi connectivity index (χ0v) is 9.34. The molecule has 0 fully saturated rings. The molecule has 4 nitrogen and oxygen atoms in total. The van der Waals surface area contributed by atoms with Crippen LogP contribution in [0.3, 0.4) is 0 Å². The van der Waals surface area contributed by atoms with Crippen molar-refractivity contribution in [2.75, 3.05) is 17.6 Å². The normalized spacial score (nSPS) is 11.2. The van der Waals surface area contributed by atoms with Crippen molar-refractivity contribution < 1.29 is 9.50 Å². The van der Waals surface area contributed by atoms with Crippen LogP contribution in [-0.2, 0) is 0 Å². The fourth-order valence-corrected chi connectivity index (χ4v) is 1.25. The van der Waals surface area contributed by atoms with Gasteiger partial charge in [0.2, 0.25) is 0 Å². The van der Waals surface area contributed by atoms with Crippen LogP contribution in [-0.4, -0.2) is 23.5 Å². The molecule has 1 rings (SSSR count). The SMILES string of the molecule is CC(C)(O)CNc1c(F)ccc(N)c1C=N. The highest BCUT2D eigenvalue weighted by molar-refractivity contribution is 5.92. The first-order chi connectivity index (χ1) is 7.35. The number of anilines is 2. The molecule has 0 aliphatic heterocycles. The summed E-state index contributed by atoms with van der Waals surface area (Å²) in [6, 6.07) is 2.64. The molecule has 0 atom stereocenters. The largest absolute Gasteiger partial charge is 0.398 e. The molecule has 88 valence electrons. The average Bonchev–Trinajstić information content (AvgIpc) is 2.17. The lowest BCUT2D eigenvalue weighted by Crippen LogP contribution is -2.30. The summed E-state index contributed by atoms with van der Waals surface area (Å²) in [5.41, 5.74) is 5.43. The van der Waals surface area contributed by atoms with Crippen LogP contribution in [0.2, 0.25) is 0 Å². The van der Waals surface area contributed by atoms with Gasteiger partial charge in [0.05, 0.1) is 11.3 Å². The summed E-state index contributed by atoms with van der Waals surface area (Å²) in [6.45, 7) is 3.39. The zero-order chi connectivity index (χ0) is 12.3. The molecule has 16 heavy (non-hydrogen) atoms. The molecule has 0 bridgehead atoms. The van der Waals surface area contributed by atoms with Crippen molar-refractivity contribution in [1.29, 1.82) is 5.41 Å². The van der Waals surface area contributed by atoms with Crippen LogP contribution in [0.4, 0.5) is 15.8 Å². The molecule has 1 aromatic carbocycles. The first kappa shape index (κ1) is 12.4. The van der Waals surface area contributed by atoms with Gasteiger partial charge in [-0.3, -0.25) is 0 Å². The number of nitrogens with two attached hydrogens (primary N) is 1. The summed E-state index contributed by atoms with van der Waals surface area (Å²) in [7, 11) is 0. The highest BCUT2D eigenvalue weighted by Gasteiger charge is 2.15. The Morgan fingerprint density at radius 1 is 1.56 bits per heavy atom. The molecular weight excluding hydrogens is 209 g/mol. The Hall–Kier alpha value is -1.62. The molecule has 0 saturated heterocycles. The van der Waals surface area contributed by atoms with E-state index in [0.717, 1.165) is 6.21 Å². The van der Waals surface area contributed by atoms with Gasteiger partial charge in [0.15, 0.2) is 0 Å². The van der Waals surface area contributed by atoms with Crippen molar-refractivity contribution in [3.8, 4) is 0 Å². The Balaban J connectivity index is 3.02. The minimum Gasteiger partial charge on any atom is -0.398 e. The maximum Gasteiger partial charge on any atom is 0.147 e. The van der Waals surface area contributed by atoms with E-state index in [-0.39, 0.29) is 12.2 Å². The lowest BCUT2D eigenvalue weighted by Gasteiger charge is -2.20. The highest BCUT2D eigenvalue weighted by Crippen LogP contribution is 2.24. The van der Waals surface area contributed by atoms with E-state index < -0.39 is 11.4 Å². The Labute approximate surface area is 93.8 Å². The summed E-state index contributed by atoms with van der Waals surface area (Å²) in [5.74, 6) is -0.489. The molecule has 0 heterocycles. The summed E-state index contributed by atoms with van der Waals surface area (Å²) in [6.07, 6.45) is 0.991. The maximum atomic E-state index is 13.5. The van der Waals surface area contributed by atoms with E-state index in [0.29, 0.717) is 11.3 Å². The predicted molar refractivity (Wildman–Crippen MR) is 63.5 cm³/mol. The standard InChI is InChI=1S/C11H16FN3O/c1-11(2,16)6-15-10-7(5-13)9(14)4-3-8(10)12/h3-5,13,15-16H,6,14H2,1-2H3. The Morgan fingerprint density at radius 2 is 2.19 bits per heavy atom. The first-order valence-electron chi connectivity index (χ1n) is 4.90. The van der Waals surface area contributed by atoms with Gasteiger partial charge in [-0.05, 0) is 26.0 Å². The van der Waals surface area contributed by atoms with Gasteiger partial charge in [-0.1, -0.05) is 0 Å². The van der Waals surface area contributed by atoms with Crippen molar-refractivity contribution in [3.05, 3.63) is 23.5 Å². The molecule has 0 spiro atoms. The lowest BCUT2D eigenvalue weighted by molar-refractivity contribution is 0.0944. The molecular formula is C11H16FN3O. The monoisotopic (exact) mass is 225 g/mol. The summed E-state index contributed by atoms with van der Waals surface area (Å²) in [5, 5.41) is 19.5. The third-order valence-electron chi connectivity index (χ3n) is 2.07. The lowest BCUT2D eigenvalue weighted by atomic mass is 10.1. The number of nitrogens with one attached hydrogen (secondary N) is 2. The second-order valence-corrected chi connectivity index (χ2v) is 4.24. The number of benzene rings is 1. The number of hydrogen-bond donors (Lipinski definition) is 4. The topological polar surface area (TPSA) is 82.1 Å². The molecule has 0 aliphatic carbocycles. The fourth-order valence-electron chi connectivity index (χ4n) is 1.25. The number of halogens is 1. The average molecular weight is 225 g/mol. The van der Waals surface area contributed by atoms with Crippen LogP contribution in [0.25, 0.3) is 0 Å². The molecule has 0 saturated carbocycles. The zero-order valence-electron chi connectivity index (χ0n) is 9.34. The molecule has 1 aromatic rings. The van der Waals surface area contributed by atoms with Crippen LogP contribution < -0.4 is 11.1 Å². The second-order valence-electron chi connectivity index (χ2n) is 4.24. The van der Waals surface area contributed by atoms with Crippen molar-refractivity contribution in [2.24, 2.45) is 0 Å². The number of rotatable bonds is 4.